The first kappa shape index (κ1) is 9.88. The normalized spacial score (nSPS) is 23.3. The SMILES string of the molecule is NC(=O)C1=CNCC[C@H]1C(F)(F)F. The van der Waals surface area contributed by atoms with Gasteiger partial charge in [0.05, 0.1) is 5.92 Å². The maximum absolute atomic E-state index is 12.3. The summed E-state index contributed by atoms with van der Waals surface area (Å²) in [6.07, 6.45) is -3.48. The van der Waals surface area contributed by atoms with Gasteiger partial charge < -0.3 is 11.1 Å². The fourth-order valence-electron chi connectivity index (χ4n) is 1.25. The van der Waals surface area contributed by atoms with Crippen LogP contribution in [0.2, 0.25) is 0 Å². The zero-order valence-corrected chi connectivity index (χ0v) is 6.69. The molecule has 74 valence electrons. The Balaban J connectivity index is 2.89. The number of alkyl halides is 3. The molecule has 0 fully saturated rings. The lowest BCUT2D eigenvalue weighted by Crippen LogP contribution is -2.37. The third-order valence-corrected chi connectivity index (χ3v) is 1.89. The number of primary amides is 1. The topological polar surface area (TPSA) is 55.1 Å². The van der Waals surface area contributed by atoms with Gasteiger partial charge in [0.25, 0.3) is 0 Å². The van der Waals surface area contributed by atoms with E-state index in [1.165, 1.54) is 0 Å². The van der Waals surface area contributed by atoms with E-state index < -0.39 is 23.6 Å². The van der Waals surface area contributed by atoms with E-state index in [0.29, 0.717) is 0 Å². The highest BCUT2D eigenvalue weighted by Crippen LogP contribution is 2.35. The van der Waals surface area contributed by atoms with Crippen molar-refractivity contribution in [2.45, 2.75) is 12.6 Å². The van der Waals surface area contributed by atoms with E-state index >= 15 is 0 Å². The molecule has 0 unspecified atom stereocenters. The van der Waals surface area contributed by atoms with Crippen LogP contribution >= 0.6 is 0 Å². The van der Waals surface area contributed by atoms with Gasteiger partial charge in [-0.1, -0.05) is 0 Å². The van der Waals surface area contributed by atoms with Crippen molar-refractivity contribution < 1.29 is 18.0 Å². The third-order valence-electron chi connectivity index (χ3n) is 1.89. The Morgan fingerprint density at radius 1 is 1.62 bits per heavy atom. The van der Waals surface area contributed by atoms with Crippen LogP contribution in [0.25, 0.3) is 0 Å². The highest BCUT2D eigenvalue weighted by molar-refractivity contribution is 5.92. The fourth-order valence-corrected chi connectivity index (χ4v) is 1.25. The summed E-state index contributed by atoms with van der Waals surface area (Å²) in [5, 5.41) is 2.56. The van der Waals surface area contributed by atoms with Crippen LogP contribution in [0.15, 0.2) is 11.8 Å². The number of rotatable bonds is 1. The van der Waals surface area contributed by atoms with Crippen LogP contribution in [0, 0.1) is 5.92 Å². The van der Waals surface area contributed by atoms with Crippen molar-refractivity contribution in [2.75, 3.05) is 6.54 Å². The molecule has 1 rings (SSSR count). The number of hydrogen-bond donors (Lipinski definition) is 2. The van der Waals surface area contributed by atoms with Gasteiger partial charge in [0.2, 0.25) is 5.91 Å². The van der Waals surface area contributed by atoms with Crippen LogP contribution in [0.4, 0.5) is 13.2 Å². The predicted molar refractivity (Wildman–Crippen MR) is 39.4 cm³/mol. The molecule has 1 aliphatic heterocycles. The molecule has 1 heterocycles. The fraction of sp³-hybridized carbons (Fsp3) is 0.571. The van der Waals surface area contributed by atoms with Crippen LogP contribution in [-0.2, 0) is 4.79 Å². The van der Waals surface area contributed by atoms with E-state index in [-0.39, 0.29) is 13.0 Å². The van der Waals surface area contributed by atoms with Crippen molar-refractivity contribution >= 4 is 5.91 Å². The molecule has 0 aliphatic carbocycles. The molecule has 0 saturated carbocycles. The zero-order valence-electron chi connectivity index (χ0n) is 6.69. The molecular weight excluding hydrogens is 185 g/mol. The predicted octanol–water partition coefficient (Wildman–Crippen LogP) is 0.527. The number of nitrogens with two attached hydrogens (primary N) is 1. The Hall–Kier alpha value is -1.20. The van der Waals surface area contributed by atoms with E-state index in [4.69, 9.17) is 5.73 Å². The van der Waals surface area contributed by atoms with Crippen molar-refractivity contribution in [2.24, 2.45) is 11.7 Å². The Kier molecular flexibility index (Phi) is 2.49. The van der Waals surface area contributed by atoms with E-state index in [0.717, 1.165) is 6.20 Å². The first-order chi connectivity index (χ1) is 5.93. The average Bonchev–Trinajstić information content (AvgIpc) is 2.03. The standard InChI is InChI=1S/C7H9F3N2O/c8-7(9,10)5-1-2-12-3-4(5)6(11)13/h3,5,12H,1-2H2,(H2,11,13)/t5-/m1/s1. The number of carbonyl (C=O) groups excluding carboxylic acids is 1. The van der Waals surface area contributed by atoms with E-state index in [1.54, 1.807) is 0 Å². The summed E-state index contributed by atoms with van der Waals surface area (Å²) in [6, 6.07) is 0. The molecule has 0 aromatic carbocycles. The minimum absolute atomic E-state index is 0.141. The second kappa shape index (κ2) is 3.27. The Bertz CT molecular complexity index is 247. The zero-order chi connectivity index (χ0) is 10.1. The van der Waals surface area contributed by atoms with Crippen LogP contribution in [0.1, 0.15) is 6.42 Å². The summed E-state index contributed by atoms with van der Waals surface area (Å²) in [5.74, 6) is -2.74. The third kappa shape index (κ3) is 2.13. The summed E-state index contributed by atoms with van der Waals surface area (Å²) >= 11 is 0. The minimum atomic E-state index is -4.39. The van der Waals surface area contributed by atoms with Gasteiger partial charge in [-0.15, -0.1) is 0 Å². The molecule has 6 heteroatoms. The van der Waals surface area contributed by atoms with Crippen LogP contribution in [-0.4, -0.2) is 18.6 Å². The number of nitrogens with one attached hydrogen (secondary N) is 1. The Morgan fingerprint density at radius 3 is 2.62 bits per heavy atom. The average molecular weight is 194 g/mol. The molecule has 0 radical (unpaired) electrons. The maximum atomic E-state index is 12.3. The number of carbonyl (C=O) groups is 1. The maximum Gasteiger partial charge on any atom is 0.396 e. The highest BCUT2D eigenvalue weighted by Gasteiger charge is 2.44. The summed E-state index contributed by atoms with van der Waals surface area (Å²) in [4.78, 5) is 10.6. The molecule has 3 N–H and O–H groups in total. The van der Waals surface area contributed by atoms with E-state index in [9.17, 15) is 18.0 Å². The van der Waals surface area contributed by atoms with Crippen molar-refractivity contribution in [3.05, 3.63) is 11.8 Å². The molecule has 0 aromatic heterocycles. The van der Waals surface area contributed by atoms with Gasteiger partial charge in [0, 0.05) is 18.3 Å². The van der Waals surface area contributed by atoms with Gasteiger partial charge in [0.15, 0.2) is 0 Å². The summed E-state index contributed by atoms with van der Waals surface area (Å²) in [6.45, 7) is 0.209. The summed E-state index contributed by atoms with van der Waals surface area (Å²) in [7, 11) is 0. The molecule has 0 bridgehead atoms. The lowest BCUT2D eigenvalue weighted by Gasteiger charge is -2.25. The lowest BCUT2D eigenvalue weighted by molar-refractivity contribution is -0.168. The molecule has 1 amide bonds. The van der Waals surface area contributed by atoms with Crippen molar-refractivity contribution in [1.82, 2.24) is 5.32 Å². The molecule has 13 heavy (non-hydrogen) atoms. The van der Waals surface area contributed by atoms with Crippen molar-refractivity contribution in [3.63, 3.8) is 0 Å². The lowest BCUT2D eigenvalue weighted by atomic mass is 9.93. The molecule has 1 atom stereocenters. The highest BCUT2D eigenvalue weighted by atomic mass is 19.4. The number of hydrogen-bond acceptors (Lipinski definition) is 2. The van der Waals surface area contributed by atoms with Crippen LogP contribution < -0.4 is 11.1 Å². The molecule has 0 spiro atoms. The minimum Gasteiger partial charge on any atom is -0.390 e. The van der Waals surface area contributed by atoms with Gasteiger partial charge in [-0.3, -0.25) is 4.79 Å². The van der Waals surface area contributed by atoms with Gasteiger partial charge in [-0.25, -0.2) is 0 Å². The largest absolute Gasteiger partial charge is 0.396 e. The van der Waals surface area contributed by atoms with Gasteiger partial charge in [-0.05, 0) is 6.42 Å². The number of amides is 1. The van der Waals surface area contributed by atoms with Crippen LogP contribution in [0.5, 0.6) is 0 Å². The van der Waals surface area contributed by atoms with Gasteiger partial charge >= 0.3 is 6.18 Å². The smallest absolute Gasteiger partial charge is 0.390 e. The molecule has 3 nitrogen and oxygen atoms in total. The molecular formula is C7H9F3N2O. The van der Waals surface area contributed by atoms with Crippen LogP contribution in [0.3, 0.4) is 0 Å². The quantitative estimate of drug-likeness (QED) is 0.639. The first-order valence-electron chi connectivity index (χ1n) is 3.73. The molecule has 1 aliphatic rings. The number of halogens is 3. The van der Waals surface area contributed by atoms with Crippen molar-refractivity contribution in [1.29, 1.82) is 0 Å². The summed E-state index contributed by atoms with van der Waals surface area (Å²) in [5.41, 5.74) is 4.42. The Labute approximate surface area is 72.8 Å². The van der Waals surface area contributed by atoms with E-state index in [1.807, 2.05) is 0 Å². The van der Waals surface area contributed by atoms with Gasteiger partial charge in [-0.2, -0.15) is 13.2 Å². The van der Waals surface area contributed by atoms with E-state index in [2.05, 4.69) is 5.32 Å². The summed E-state index contributed by atoms with van der Waals surface area (Å²) < 4.78 is 36.8. The Morgan fingerprint density at radius 2 is 2.23 bits per heavy atom. The monoisotopic (exact) mass is 194 g/mol. The van der Waals surface area contributed by atoms with Crippen molar-refractivity contribution in [3.8, 4) is 0 Å². The second-order valence-corrected chi connectivity index (χ2v) is 2.80. The molecule has 0 saturated heterocycles. The molecule has 0 aromatic rings. The second-order valence-electron chi connectivity index (χ2n) is 2.80. The first-order valence-corrected chi connectivity index (χ1v) is 3.73. The van der Waals surface area contributed by atoms with Gasteiger partial charge in [0.1, 0.15) is 0 Å².